The van der Waals surface area contributed by atoms with Crippen LogP contribution >= 0.6 is 0 Å². The Morgan fingerprint density at radius 1 is 1.42 bits per heavy atom. The average molecular weight is 263 g/mol. The molecule has 0 bridgehead atoms. The first-order valence-corrected chi connectivity index (χ1v) is 7.09. The van der Waals surface area contributed by atoms with E-state index < -0.39 is 0 Å². The fourth-order valence-electron chi connectivity index (χ4n) is 2.95. The molecule has 0 aliphatic heterocycles. The van der Waals surface area contributed by atoms with E-state index in [0.717, 1.165) is 12.1 Å². The SMILES string of the molecule is COc1ccc(CNC2CCCC(C)(C)C2)c(O)c1. The highest BCUT2D eigenvalue weighted by molar-refractivity contribution is 5.39. The molecule has 1 aliphatic rings. The Morgan fingerprint density at radius 3 is 2.84 bits per heavy atom. The number of benzene rings is 1. The molecule has 3 heteroatoms. The van der Waals surface area contributed by atoms with E-state index in [2.05, 4.69) is 19.2 Å². The third-order valence-electron chi connectivity index (χ3n) is 4.08. The standard InChI is InChI=1S/C16H25NO2/c1-16(2)8-4-5-13(10-16)17-11-12-6-7-14(19-3)9-15(12)18/h6-7,9,13,17-18H,4-5,8,10-11H2,1-3H3. The molecule has 1 unspecified atom stereocenters. The molecule has 0 saturated heterocycles. The molecule has 1 aliphatic carbocycles. The predicted octanol–water partition coefficient (Wildman–Crippen LogP) is 3.46. The molecule has 1 fully saturated rings. The van der Waals surface area contributed by atoms with E-state index in [4.69, 9.17) is 4.74 Å². The Labute approximate surface area is 116 Å². The van der Waals surface area contributed by atoms with Gasteiger partial charge in [0.15, 0.2) is 0 Å². The summed E-state index contributed by atoms with van der Waals surface area (Å²) in [4.78, 5) is 0. The molecule has 1 saturated carbocycles. The second-order valence-electron chi connectivity index (χ2n) is 6.33. The fourth-order valence-corrected chi connectivity index (χ4v) is 2.95. The van der Waals surface area contributed by atoms with Crippen LogP contribution in [0.2, 0.25) is 0 Å². The second-order valence-corrected chi connectivity index (χ2v) is 6.33. The van der Waals surface area contributed by atoms with Crippen LogP contribution in [0.25, 0.3) is 0 Å². The number of aromatic hydroxyl groups is 1. The smallest absolute Gasteiger partial charge is 0.123 e. The van der Waals surface area contributed by atoms with E-state index in [0.29, 0.717) is 23.0 Å². The van der Waals surface area contributed by atoms with Gasteiger partial charge in [-0.3, -0.25) is 0 Å². The van der Waals surface area contributed by atoms with Crippen molar-refractivity contribution >= 4 is 0 Å². The summed E-state index contributed by atoms with van der Waals surface area (Å²) in [6.07, 6.45) is 5.06. The number of hydrogen-bond donors (Lipinski definition) is 2. The first kappa shape index (κ1) is 14.2. The topological polar surface area (TPSA) is 41.5 Å². The molecule has 0 heterocycles. The van der Waals surface area contributed by atoms with Gasteiger partial charge in [-0.1, -0.05) is 26.3 Å². The minimum Gasteiger partial charge on any atom is -0.507 e. The van der Waals surface area contributed by atoms with E-state index >= 15 is 0 Å². The monoisotopic (exact) mass is 263 g/mol. The molecule has 0 aromatic heterocycles. The lowest BCUT2D eigenvalue weighted by Crippen LogP contribution is -2.36. The van der Waals surface area contributed by atoms with E-state index in [1.54, 1.807) is 13.2 Å². The van der Waals surface area contributed by atoms with Crippen molar-refractivity contribution in [1.82, 2.24) is 5.32 Å². The van der Waals surface area contributed by atoms with Gasteiger partial charge in [-0.25, -0.2) is 0 Å². The molecule has 0 amide bonds. The molecule has 1 atom stereocenters. The quantitative estimate of drug-likeness (QED) is 0.874. The van der Waals surface area contributed by atoms with E-state index in [1.165, 1.54) is 25.7 Å². The highest BCUT2D eigenvalue weighted by atomic mass is 16.5. The van der Waals surface area contributed by atoms with Gasteiger partial charge in [-0.15, -0.1) is 0 Å². The number of hydrogen-bond acceptors (Lipinski definition) is 3. The van der Waals surface area contributed by atoms with Crippen molar-refractivity contribution in [2.24, 2.45) is 5.41 Å². The average Bonchev–Trinajstić information content (AvgIpc) is 2.36. The van der Waals surface area contributed by atoms with Gasteiger partial charge in [0.1, 0.15) is 11.5 Å². The van der Waals surface area contributed by atoms with Crippen LogP contribution in [0.15, 0.2) is 18.2 Å². The normalized spacial score (nSPS) is 22.2. The summed E-state index contributed by atoms with van der Waals surface area (Å²) in [6.45, 7) is 5.40. The lowest BCUT2D eigenvalue weighted by molar-refractivity contribution is 0.197. The maximum absolute atomic E-state index is 9.93. The number of rotatable bonds is 4. The van der Waals surface area contributed by atoms with Crippen molar-refractivity contribution < 1.29 is 9.84 Å². The predicted molar refractivity (Wildman–Crippen MR) is 77.5 cm³/mol. The maximum Gasteiger partial charge on any atom is 0.123 e. The summed E-state index contributed by atoms with van der Waals surface area (Å²) in [5, 5.41) is 13.5. The fraction of sp³-hybridized carbons (Fsp3) is 0.625. The lowest BCUT2D eigenvalue weighted by atomic mass is 9.75. The highest BCUT2D eigenvalue weighted by Crippen LogP contribution is 2.35. The number of phenols is 1. The molecule has 0 radical (unpaired) electrons. The van der Waals surface area contributed by atoms with Crippen LogP contribution in [-0.2, 0) is 6.54 Å². The Balaban J connectivity index is 1.91. The lowest BCUT2D eigenvalue weighted by Gasteiger charge is -2.35. The second kappa shape index (κ2) is 5.83. The van der Waals surface area contributed by atoms with Crippen molar-refractivity contribution in [2.75, 3.05) is 7.11 Å². The summed E-state index contributed by atoms with van der Waals surface area (Å²) in [5.74, 6) is 1.00. The van der Waals surface area contributed by atoms with E-state index in [9.17, 15) is 5.11 Å². The molecular weight excluding hydrogens is 238 g/mol. The minimum atomic E-state index is 0.307. The summed E-state index contributed by atoms with van der Waals surface area (Å²) >= 11 is 0. The molecule has 1 aromatic rings. The van der Waals surface area contributed by atoms with Crippen molar-refractivity contribution in [3.05, 3.63) is 23.8 Å². The molecular formula is C16H25NO2. The summed E-state index contributed by atoms with van der Waals surface area (Å²) < 4.78 is 5.09. The number of phenolic OH excluding ortho intramolecular Hbond substituents is 1. The largest absolute Gasteiger partial charge is 0.507 e. The van der Waals surface area contributed by atoms with E-state index in [1.807, 2.05) is 12.1 Å². The summed E-state index contributed by atoms with van der Waals surface area (Å²) in [6, 6.07) is 6.05. The van der Waals surface area contributed by atoms with Gasteiger partial charge in [0.2, 0.25) is 0 Å². The third-order valence-corrected chi connectivity index (χ3v) is 4.08. The zero-order chi connectivity index (χ0) is 13.9. The molecule has 2 rings (SSSR count). The molecule has 2 N–H and O–H groups in total. The molecule has 1 aromatic carbocycles. The van der Waals surface area contributed by atoms with Crippen molar-refractivity contribution in [1.29, 1.82) is 0 Å². The van der Waals surface area contributed by atoms with Gasteiger partial charge in [0.05, 0.1) is 7.11 Å². The highest BCUT2D eigenvalue weighted by Gasteiger charge is 2.27. The maximum atomic E-state index is 9.93. The zero-order valence-corrected chi connectivity index (χ0v) is 12.2. The van der Waals surface area contributed by atoms with Crippen LogP contribution in [0.3, 0.4) is 0 Å². The Morgan fingerprint density at radius 2 is 2.21 bits per heavy atom. The van der Waals surface area contributed by atoms with Gasteiger partial charge in [0.25, 0.3) is 0 Å². The van der Waals surface area contributed by atoms with Crippen molar-refractivity contribution in [2.45, 2.75) is 52.1 Å². The zero-order valence-electron chi connectivity index (χ0n) is 12.2. The Bertz CT molecular complexity index is 429. The molecule has 0 spiro atoms. The molecule has 3 nitrogen and oxygen atoms in total. The summed E-state index contributed by atoms with van der Waals surface area (Å²) in [5.41, 5.74) is 1.38. The van der Waals surface area contributed by atoms with Crippen LogP contribution in [0.1, 0.15) is 45.1 Å². The first-order valence-electron chi connectivity index (χ1n) is 7.09. The molecule has 106 valence electrons. The first-order chi connectivity index (χ1) is 9.00. The van der Waals surface area contributed by atoms with Crippen molar-refractivity contribution in [3.63, 3.8) is 0 Å². The third kappa shape index (κ3) is 3.87. The van der Waals surface area contributed by atoms with Crippen LogP contribution in [0.4, 0.5) is 0 Å². The van der Waals surface area contributed by atoms with Crippen molar-refractivity contribution in [3.8, 4) is 11.5 Å². The van der Waals surface area contributed by atoms with Gasteiger partial charge in [-0.2, -0.15) is 0 Å². The summed E-state index contributed by atoms with van der Waals surface area (Å²) in [7, 11) is 1.61. The van der Waals surface area contributed by atoms with Crippen LogP contribution < -0.4 is 10.1 Å². The van der Waals surface area contributed by atoms with Crippen LogP contribution in [-0.4, -0.2) is 18.3 Å². The Hall–Kier alpha value is -1.22. The van der Waals surface area contributed by atoms with Gasteiger partial charge < -0.3 is 15.2 Å². The number of nitrogens with one attached hydrogen (secondary N) is 1. The molecule has 19 heavy (non-hydrogen) atoms. The van der Waals surface area contributed by atoms with Gasteiger partial charge in [0, 0.05) is 24.2 Å². The van der Waals surface area contributed by atoms with Crippen LogP contribution in [0, 0.1) is 5.41 Å². The van der Waals surface area contributed by atoms with E-state index in [-0.39, 0.29) is 0 Å². The minimum absolute atomic E-state index is 0.307. The number of methoxy groups -OCH3 is 1. The van der Waals surface area contributed by atoms with Gasteiger partial charge >= 0.3 is 0 Å². The Kier molecular flexibility index (Phi) is 4.35. The van der Waals surface area contributed by atoms with Gasteiger partial charge in [-0.05, 0) is 30.7 Å². The van der Waals surface area contributed by atoms with Crippen LogP contribution in [0.5, 0.6) is 11.5 Å². The number of ether oxygens (including phenoxy) is 1.